The van der Waals surface area contributed by atoms with Crippen LogP contribution in [-0.2, 0) is 0 Å². The van der Waals surface area contributed by atoms with Crippen LogP contribution in [0.1, 0.15) is 6.92 Å². The SMILES string of the molecule is CCN.CNNC.NN. The Labute approximate surface area is 56.9 Å². The van der Waals surface area contributed by atoms with E-state index in [1.54, 1.807) is 0 Å². The van der Waals surface area contributed by atoms with Crippen molar-refractivity contribution >= 4 is 0 Å². The lowest BCUT2D eigenvalue weighted by atomic mass is 10.8. The molecule has 0 spiro atoms. The first-order chi connectivity index (χ1) is 4.33. The van der Waals surface area contributed by atoms with Gasteiger partial charge < -0.3 is 5.73 Å². The summed E-state index contributed by atoms with van der Waals surface area (Å²) >= 11 is 0. The fraction of sp³-hybridized carbons (Fsp3) is 1.00. The van der Waals surface area contributed by atoms with E-state index in [9.17, 15) is 0 Å². The number of hydrogen-bond donors (Lipinski definition) is 5. The molecule has 0 amide bonds. The van der Waals surface area contributed by atoms with Gasteiger partial charge in [0.1, 0.15) is 0 Å². The van der Waals surface area contributed by atoms with Crippen molar-refractivity contribution in [3.63, 3.8) is 0 Å². The number of hydrazine groups is 2. The summed E-state index contributed by atoms with van der Waals surface area (Å²) in [6, 6.07) is 0. The number of nitrogens with two attached hydrogens (primary N) is 3. The Kier molecular flexibility index (Phi) is 81.4. The van der Waals surface area contributed by atoms with Crippen LogP contribution in [0, 0.1) is 0 Å². The summed E-state index contributed by atoms with van der Waals surface area (Å²) in [6.07, 6.45) is 0. The van der Waals surface area contributed by atoms with E-state index in [4.69, 9.17) is 5.73 Å². The summed E-state index contributed by atoms with van der Waals surface area (Å²) in [7, 11) is 3.64. The summed E-state index contributed by atoms with van der Waals surface area (Å²) in [4.78, 5) is 0. The third-order valence-corrected chi connectivity index (χ3v) is 0.250. The van der Waals surface area contributed by atoms with Crippen LogP contribution in [0.5, 0.6) is 0 Å². The first kappa shape index (κ1) is 15.9. The van der Waals surface area contributed by atoms with Crippen molar-refractivity contribution in [1.82, 2.24) is 10.9 Å². The average molecular weight is 137 g/mol. The molecule has 0 heterocycles. The monoisotopic (exact) mass is 137 g/mol. The predicted octanol–water partition coefficient (Wildman–Crippen LogP) is -1.88. The summed E-state index contributed by atoms with van der Waals surface area (Å²) in [5.74, 6) is 8.00. The largest absolute Gasteiger partial charge is 0.331 e. The molecule has 0 aromatic heterocycles. The summed E-state index contributed by atoms with van der Waals surface area (Å²) in [6.45, 7) is 2.65. The maximum absolute atomic E-state index is 4.85. The van der Waals surface area contributed by atoms with Gasteiger partial charge in [0.2, 0.25) is 0 Å². The van der Waals surface area contributed by atoms with E-state index in [1.165, 1.54) is 0 Å². The van der Waals surface area contributed by atoms with Gasteiger partial charge in [0.05, 0.1) is 0 Å². The van der Waals surface area contributed by atoms with Gasteiger partial charge in [-0.3, -0.25) is 22.5 Å². The molecule has 0 atom stereocenters. The second kappa shape index (κ2) is 46.0. The molecule has 0 radical (unpaired) electrons. The van der Waals surface area contributed by atoms with Crippen molar-refractivity contribution in [1.29, 1.82) is 0 Å². The Hall–Kier alpha value is -0.200. The van der Waals surface area contributed by atoms with Crippen molar-refractivity contribution in [3.8, 4) is 0 Å². The molecule has 8 N–H and O–H groups in total. The van der Waals surface area contributed by atoms with Crippen LogP contribution in [0.2, 0.25) is 0 Å². The average Bonchev–Trinajstić information content (AvgIpc) is 1.94. The molecule has 0 unspecified atom stereocenters. The van der Waals surface area contributed by atoms with Gasteiger partial charge >= 0.3 is 0 Å². The molecule has 0 aliphatic carbocycles. The van der Waals surface area contributed by atoms with E-state index in [0.29, 0.717) is 0 Å². The Bertz CT molecular complexity index is 16.4. The molecule has 0 saturated carbocycles. The summed E-state index contributed by atoms with van der Waals surface area (Å²) < 4.78 is 0. The molecule has 0 aliphatic heterocycles. The van der Waals surface area contributed by atoms with E-state index in [1.807, 2.05) is 21.0 Å². The summed E-state index contributed by atoms with van der Waals surface area (Å²) in [5, 5.41) is 0. The molecule has 9 heavy (non-hydrogen) atoms. The first-order valence-corrected chi connectivity index (χ1v) is 2.70. The normalized spacial score (nSPS) is 6.00. The molecule has 5 nitrogen and oxygen atoms in total. The van der Waals surface area contributed by atoms with Gasteiger partial charge in [-0.1, -0.05) is 6.92 Å². The lowest BCUT2D eigenvalue weighted by molar-refractivity contribution is 0.689. The lowest BCUT2D eigenvalue weighted by Crippen LogP contribution is -2.21. The number of hydrogen-bond acceptors (Lipinski definition) is 5. The third-order valence-electron chi connectivity index (χ3n) is 0.250. The topological polar surface area (TPSA) is 102 Å². The predicted molar refractivity (Wildman–Crippen MR) is 41.2 cm³/mol. The van der Waals surface area contributed by atoms with Crippen molar-refractivity contribution < 1.29 is 0 Å². The fourth-order valence-electron chi connectivity index (χ4n) is 0. The van der Waals surface area contributed by atoms with Crippen LogP contribution in [0.4, 0.5) is 0 Å². The lowest BCUT2D eigenvalue weighted by Gasteiger charge is -1.81. The Morgan fingerprint density at radius 2 is 1.22 bits per heavy atom. The molecule has 0 bridgehead atoms. The van der Waals surface area contributed by atoms with E-state index < -0.39 is 0 Å². The Balaban J connectivity index is -0.0000000646. The van der Waals surface area contributed by atoms with Gasteiger partial charge in [-0.2, -0.15) is 0 Å². The van der Waals surface area contributed by atoms with Crippen molar-refractivity contribution in [3.05, 3.63) is 0 Å². The molecule has 5 heteroatoms. The molecule has 0 saturated heterocycles. The standard InChI is InChI=1S/C2H8N2.C2H7N.H4N2/c1-3-4-2;1-2-3;1-2/h3-4H,1-2H3;2-3H2,1H3;1-2H2. The van der Waals surface area contributed by atoms with Gasteiger partial charge in [0.25, 0.3) is 0 Å². The zero-order chi connectivity index (χ0) is 8.12. The van der Waals surface area contributed by atoms with E-state index >= 15 is 0 Å². The van der Waals surface area contributed by atoms with E-state index in [-0.39, 0.29) is 0 Å². The number of nitrogens with one attached hydrogen (secondary N) is 2. The Morgan fingerprint density at radius 1 is 1.11 bits per heavy atom. The highest BCUT2D eigenvalue weighted by Crippen LogP contribution is 1.20. The molecule has 0 rings (SSSR count). The first-order valence-electron chi connectivity index (χ1n) is 2.70. The maximum atomic E-state index is 4.85. The minimum Gasteiger partial charge on any atom is -0.331 e. The second-order valence-corrected chi connectivity index (χ2v) is 0.908. The van der Waals surface area contributed by atoms with Gasteiger partial charge in [0, 0.05) is 0 Å². The van der Waals surface area contributed by atoms with Crippen LogP contribution < -0.4 is 28.3 Å². The molecule has 60 valence electrons. The molecule has 0 aromatic rings. The van der Waals surface area contributed by atoms with Gasteiger partial charge in [-0.05, 0) is 20.6 Å². The van der Waals surface area contributed by atoms with Crippen molar-refractivity contribution in [2.75, 3.05) is 20.6 Å². The van der Waals surface area contributed by atoms with Gasteiger partial charge in [-0.15, -0.1) is 0 Å². The van der Waals surface area contributed by atoms with E-state index in [2.05, 4.69) is 22.5 Å². The van der Waals surface area contributed by atoms with Crippen LogP contribution in [-0.4, -0.2) is 20.6 Å². The van der Waals surface area contributed by atoms with Gasteiger partial charge in [-0.25, -0.2) is 0 Å². The minimum absolute atomic E-state index is 0.750. The number of rotatable bonds is 1. The highest BCUT2D eigenvalue weighted by Gasteiger charge is 1.44. The van der Waals surface area contributed by atoms with Gasteiger partial charge in [0.15, 0.2) is 0 Å². The smallest absolute Gasteiger partial charge is 0.00150 e. The zero-order valence-electron chi connectivity index (χ0n) is 6.44. The quantitative estimate of drug-likeness (QED) is 0.215. The molecule has 0 aromatic carbocycles. The molecular weight excluding hydrogens is 118 g/mol. The highest BCUT2D eigenvalue weighted by molar-refractivity contribution is 4.00. The van der Waals surface area contributed by atoms with E-state index in [0.717, 1.165) is 6.54 Å². The van der Waals surface area contributed by atoms with Crippen LogP contribution in [0.15, 0.2) is 0 Å². The molecule has 0 fully saturated rings. The summed E-state index contributed by atoms with van der Waals surface area (Å²) in [5.41, 5.74) is 10.2. The zero-order valence-corrected chi connectivity index (χ0v) is 6.44. The van der Waals surface area contributed by atoms with Crippen LogP contribution in [0.3, 0.4) is 0 Å². The fourth-order valence-corrected chi connectivity index (χ4v) is 0. The Morgan fingerprint density at radius 3 is 1.22 bits per heavy atom. The molecule has 0 aliphatic rings. The molecular formula is C4H19N5. The third kappa shape index (κ3) is 410. The van der Waals surface area contributed by atoms with Crippen LogP contribution in [0.25, 0.3) is 0 Å². The highest BCUT2D eigenvalue weighted by atomic mass is 15.3. The van der Waals surface area contributed by atoms with Crippen LogP contribution >= 0.6 is 0 Å². The minimum atomic E-state index is 0.750. The van der Waals surface area contributed by atoms with Crippen molar-refractivity contribution in [2.24, 2.45) is 17.4 Å². The maximum Gasteiger partial charge on any atom is -0.00150 e. The van der Waals surface area contributed by atoms with Crippen molar-refractivity contribution in [2.45, 2.75) is 6.92 Å². The second-order valence-electron chi connectivity index (χ2n) is 0.908.